The maximum Gasteiger partial charge on any atom is 0.418 e. The topological polar surface area (TPSA) is 51.2 Å². The van der Waals surface area contributed by atoms with E-state index in [1.165, 1.54) is 6.20 Å². The molecule has 2 rings (SSSR count). The molecule has 0 atom stereocenters. The minimum atomic E-state index is -0.558. The molecule has 0 unspecified atom stereocenters. The lowest BCUT2D eigenvalue weighted by molar-refractivity contribution is 0.194. The highest BCUT2D eigenvalue weighted by Crippen LogP contribution is 2.13. The zero-order chi connectivity index (χ0) is 12.1. The van der Waals surface area contributed by atoms with Crippen molar-refractivity contribution in [2.75, 3.05) is 5.32 Å². The second-order valence-corrected chi connectivity index (χ2v) is 3.90. The Bertz CT molecular complexity index is 466. The van der Waals surface area contributed by atoms with Gasteiger partial charge in [0.05, 0.1) is 5.02 Å². The van der Waals surface area contributed by atoms with Crippen molar-refractivity contribution in [3.05, 3.63) is 47.3 Å². The third kappa shape index (κ3) is 3.60. The third-order valence-electron chi connectivity index (χ3n) is 2.13. The first-order valence-corrected chi connectivity index (χ1v) is 5.59. The van der Waals surface area contributed by atoms with E-state index in [0.717, 1.165) is 12.8 Å². The Labute approximate surface area is 104 Å². The van der Waals surface area contributed by atoms with E-state index in [-0.39, 0.29) is 0 Å². The number of nitrogens with one attached hydrogen (secondary N) is 1. The first kappa shape index (κ1) is 11.7. The average molecular weight is 251 g/mol. The quantitative estimate of drug-likeness (QED) is 0.874. The summed E-state index contributed by atoms with van der Waals surface area (Å²) in [6, 6.07) is 3.25. The number of hydrogen-bond acceptors (Lipinski definition) is 3. The second kappa shape index (κ2) is 5.50. The lowest BCUT2D eigenvalue weighted by Crippen LogP contribution is -2.14. The number of allylic oxidation sites excluding steroid dienone is 3. The van der Waals surface area contributed by atoms with Gasteiger partial charge in [-0.2, -0.15) is 0 Å². The number of nitrogens with zero attached hydrogens (tertiary/aromatic N) is 1. The van der Waals surface area contributed by atoms with Gasteiger partial charge in [0.15, 0.2) is 0 Å². The molecule has 1 amide bonds. The first-order chi connectivity index (χ1) is 8.24. The highest BCUT2D eigenvalue weighted by molar-refractivity contribution is 6.30. The summed E-state index contributed by atoms with van der Waals surface area (Å²) in [5.74, 6) is 0.961. The van der Waals surface area contributed by atoms with Crippen LogP contribution in [-0.4, -0.2) is 11.1 Å². The molecular formula is C12H11ClN2O2. The summed E-state index contributed by atoms with van der Waals surface area (Å²) in [5, 5.41) is 3.03. The average Bonchev–Trinajstić information content (AvgIpc) is 2.33. The minimum absolute atomic E-state index is 0.403. The van der Waals surface area contributed by atoms with Crippen LogP contribution in [0.5, 0.6) is 0 Å². The molecule has 1 aliphatic carbocycles. The van der Waals surface area contributed by atoms with Gasteiger partial charge < -0.3 is 4.74 Å². The number of ether oxygens (including phenoxy) is 1. The van der Waals surface area contributed by atoms with Gasteiger partial charge in [-0.05, 0) is 37.1 Å². The van der Waals surface area contributed by atoms with Crippen molar-refractivity contribution in [2.24, 2.45) is 0 Å². The molecule has 0 aromatic carbocycles. The van der Waals surface area contributed by atoms with Crippen LogP contribution in [0.15, 0.2) is 42.3 Å². The SMILES string of the molecule is O=C(Nc1ccc(Cl)cn1)OC1=CCCC=C1. The van der Waals surface area contributed by atoms with Gasteiger partial charge >= 0.3 is 6.09 Å². The summed E-state index contributed by atoms with van der Waals surface area (Å²) in [7, 11) is 0. The van der Waals surface area contributed by atoms with Gasteiger partial charge in [-0.25, -0.2) is 9.78 Å². The van der Waals surface area contributed by atoms with Crippen molar-refractivity contribution in [3.8, 4) is 0 Å². The number of pyridine rings is 1. The lowest BCUT2D eigenvalue weighted by Gasteiger charge is -2.08. The van der Waals surface area contributed by atoms with Crippen molar-refractivity contribution < 1.29 is 9.53 Å². The van der Waals surface area contributed by atoms with Gasteiger partial charge in [-0.3, -0.25) is 5.32 Å². The normalized spacial score (nSPS) is 14.1. The highest BCUT2D eigenvalue weighted by atomic mass is 35.5. The van der Waals surface area contributed by atoms with Crippen LogP contribution in [-0.2, 0) is 4.74 Å². The molecule has 4 nitrogen and oxygen atoms in total. The fourth-order valence-corrected chi connectivity index (χ4v) is 1.46. The van der Waals surface area contributed by atoms with Gasteiger partial charge in [0, 0.05) is 6.20 Å². The van der Waals surface area contributed by atoms with E-state index in [1.807, 2.05) is 12.2 Å². The van der Waals surface area contributed by atoms with Gasteiger partial charge in [-0.1, -0.05) is 17.7 Å². The summed E-state index contributed by atoms with van der Waals surface area (Å²) < 4.78 is 5.08. The number of hydrogen-bond donors (Lipinski definition) is 1. The van der Waals surface area contributed by atoms with Crippen LogP contribution in [0, 0.1) is 0 Å². The number of amides is 1. The molecule has 88 valence electrons. The smallest absolute Gasteiger partial charge is 0.410 e. The zero-order valence-electron chi connectivity index (χ0n) is 9.02. The molecule has 0 saturated heterocycles. The largest absolute Gasteiger partial charge is 0.418 e. The first-order valence-electron chi connectivity index (χ1n) is 5.21. The van der Waals surface area contributed by atoms with Crippen molar-refractivity contribution in [1.29, 1.82) is 0 Å². The van der Waals surface area contributed by atoms with Gasteiger partial charge in [0.2, 0.25) is 0 Å². The maximum atomic E-state index is 11.5. The van der Waals surface area contributed by atoms with Crippen LogP contribution in [0.1, 0.15) is 12.8 Å². The van der Waals surface area contributed by atoms with E-state index in [0.29, 0.717) is 16.6 Å². The van der Waals surface area contributed by atoms with Crippen LogP contribution in [0.3, 0.4) is 0 Å². The van der Waals surface area contributed by atoms with Crippen molar-refractivity contribution in [3.63, 3.8) is 0 Å². The van der Waals surface area contributed by atoms with Gasteiger partial charge in [0.25, 0.3) is 0 Å². The van der Waals surface area contributed by atoms with Crippen LogP contribution in [0.25, 0.3) is 0 Å². The number of halogens is 1. The number of rotatable bonds is 2. The zero-order valence-corrected chi connectivity index (χ0v) is 9.78. The Morgan fingerprint density at radius 1 is 1.41 bits per heavy atom. The molecule has 0 bridgehead atoms. The number of anilines is 1. The van der Waals surface area contributed by atoms with E-state index in [2.05, 4.69) is 10.3 Å². The monoisotopic (exact) mass is 250 g/mol. The van der Waals surface area contributed by atoms with Crippen LogP contribution in [0.4, 0.5) is 10.6 Å². The molecule has 1 aromatic heterocycles. The molecule has 1 heterocycles. The van der Waals surface area contributed by atoms with E-state index in [1.54, 1.807) is 18.2 Å². The standard InChI is InChI=1S/C12H11ClN2O2/c13-9-6-7-11(14-8-9)15-12(16)17-10-4-2-1-3-5-10/h2,4-8H,1,3H2,(H,14,15,16). The fourth-order valence-electron chi connectivity index (χ4n) is 1.35. The Hall–Kier alpha value is -1.81. The van der Waals surface area contributed by atoms with Crippen molar-refractivity contribution >= 4 is 23.5 Å². The molecule has 5 heteroatoms. The van der Waals surface area contributed by atoms with E-state index >= 15 is 0 Å². The molecular weight excluding hydrogens is 240 g/mol. The molecule has 0 fully saturated rings. The summed E-state index contributed by atoms with van der Waals surface area (Å²) in [6.07, 6.45) is 8.37. The number of aromatic nitrogens is 1. The maximum absolute atomic E-state index is 11.5. The summed E-state index contributed by atoms with van der Waals surface area (Å²) >= 11 is 5.68. The molecule has 17 heavy (non-hydrogen) atoms. The molecule has 0 radical (unpaired) electrons. The molecule has 1 aliphatic rings. The lowest BCUT2D eigenvalue weighted by atomic mass is 10.2. The Morgan fingerprint density at radius 2 is 2.29 bits per heavy atom. The van der Waals surface area contributed by atoms with E-state index in [4.69, 9.17) is 16.3 Å². The number of carbonyl (C=O) groups excluding carboxylic acids is 1. The van der Waals surface area contributed by atoms with Gasteiger partial charge in [-0.15, -0.1) is 0 Å². The molecule has 0 spiro atoms. The Kier molecular flexibility index (Phi) is 3.77. The molecule has 0 aliphatic heterocycles. The summed E-state index contributed by atoms with van der Waals surface area (Å²) in [6.45, 7) is 0. The number of carbonyl (C=O) groups is 1. The highest BCUT2D eigenvalue weighted by Gasteiger charge is 2.07. The summed E-state index contributed by atoms with van der Waals surface area (Å²) in [4.78, 5) is 15.4. The predicted molar refractivity (Wildman–Crippen MR) is 65.8 cm³/mol. The minimum Gasteiger partial charge on any atom is -0.410 e. The van der Waals surface area contributed by atoms with Crippen molar-refractivity contribution in [1.82, 2.24) is 4.98 Å². The van der Waals surface area contributed by atoms with Gasteiger partial charge in [0.1, 0.15) is 11.6 Å². The van der Waals surface area contributed by atoms with Crippen LogP contribution >= 0.6 is 11.6 Å². The fraction of sp³-hybridized carbons (Fsp3) is 0.167. The predicted octanol–water partition coefficient (Wildman–Crippen LogP) is 3.52. The van der Waals surface area contributed by atoms with Crippen LogP contribution < -0.4 is 5.32 Å². The van der Waals surface area contributed by atoms with E-state index in [9.17, 15) is 4.79 Å². The van der Waals surface area contributed by atoms with Crippen molar-refractivity contribution in [2.45, 2.75) is 12.8 Å². The van der Waals surface area contributed by atoms with Crippen LogP contribution in [0.2, 0.25) is 5.02 Å². The third-order valence-corrected chi connectivity index (χ3v) is 2.35. The molecule has 1 N–H and O–H groups in total. The Balaban J connectivity index is 1.91. The van der Waals surface area contributed by atoms with E-state index < -0.39 is 6.09 Å². The summed E-state index contributed by atoms with van der Waals surface area (Å²) in [5.41, 5.74) is 0. The Morgan fingerprint density at radius 3 is 2.94 bits per heavy atom. The molecule has 1 aromatic rings. The second-order valence-electron chi connectivity index (χ2n) is 3.46. The molecule has 0 saturated carbocycles.